The molecular weight excluding hydrogens is 318 g/mol. The summed E-state index contributed by atoms with van der Waals surface area (Å²) in [6.45, 7) is 4.60. The lowest BCUT2D eigenvalue weighted by atomic mass is 9.97. The molecule has 3 aromatic heterocycles. The highest BCUT2D eigenvalue weighted by Gasteiger charge is 2.27. The second kappa shape index (κ2) is 6.05. The van der Waals surface area contributed by atoms with Crippen LogP contribution in [0.1, 0.15) is 25.7 Å². The van der Waals surface area contributed by atoms with E-state index in [1.165, 1.54) is 50.1 Å². The molecule has 4 heterocycles. The molecule has 0 spiro atoms. The highest BCUT2D eigenvalue weighted by Crippen LogP contribution is 2.32. The Hall–Kier alpha value is -1.59. The van der Waals surface area contributed by atoms with Crippen molar-refractivity contribution in [2.75, 3.05) is 26.2 Å². The molecule has 5 heteroatoms. The Bertz CT molecular complexity index is 843. The normalized spacial score (nSPS) is 20.2. The summed E-state index contributed by atoms with van der Waals surface area (Å²) >= 11 is 1.73. The van der Waals surface area contributed by atoms with Gasteiger partial charge in [0, 0.05) is 12.7 Å². The van der Waals surface area contributed by atoms with Crippen LogP contribution in [0.25, 0.3) is 15.9 Å². The molecule has 0 N–H and O–H groups in total. The van der Waals surface area contributed by atoms with Gasteiger partial charge in [-0.25, -0.2) is 4.98 Å². The smallest absolute Gasteiger partial charge is 0.238 e. The first-order valence-corrected chi connectivity index (χ1v) is 9.94. The fourth-order valence-corrected chi connectivity index (χ4v) is 4.60. The first-order valence-electron chi connectivity index (χ1n) is 9.06. The molecule has 1 saturated carbocycles. The Balaban J connectivity index is 1.26. The molecule has 4 nitrogen and oxygen atoms in total. The number of nitrogens with zero attached hydrogens (tertiary/aromatic N) is 3. The van der Waals surface area contributed by atoms with Crippen molar-refractivity contribution in [2.24, 2.45) is 11.8 Å². The van der Waals surface area contributed by atoms with Gasteiger partial charge >= 0.3 is 0 Å². The van der Waals surface area contributed by atoms with E-state index >= 15 is 0 Å². The lowest BCUT2D eigenvalue weighted by Gasteiger charge is -2.31. The van der Waals surface area contributed by atoms with Gasteiger partial charge in [0.25, 0.3) is 0 Å². The maximum atomic E-state index is 6.18. The number of likely N-dealkylation sites (tertiary alicyclic amines) is 1. The maximum Gasteiger partial charge on any atom is 0.238 e. The van der Waals surface area contributed by atoms with Gasteiger partial charge in [0.05, 0.1) is 6.61 Å². The SMILES string of the molecule is c1cc2c(OCC3CCN(CC4CC4)CC3)nc3ccsc3n2c1. The highest BCUT2D eigenvalue weighted by molar-refractivity contribution is 7.16. The molecule has 5 rings (SSSR count). The molecular formula is C19H23N3OS. The van der Waals surface area contributed by atoms with Crippen LogP contribution in [0.3, 0.4) is 0 Å². The molecule has 0 amide bonds. The van der Waals surface area contributed by atoms with Crippen LogP contribution < -0.4 is 4.74 Å². The molecule has 1 aliphatic carbocycles. The molecule has 3 aromatic rings. The zero-order valence-electron chi connectivity index (χ0n) is 13.9. The van der Waals surface area contributed by atoms with E-state index in [0.29, 0.717) is 5.92 Å². The minimum Gasteiger partial charge on any atom is -0.476 e. The maximum absolute atomic E-state index is 6.18. The first kappa shape index (κ1) is 14.7. The third-order valence-electron chi connectivity index (χ3n) is 5.41. The summed E-state index contributed by atoms with van der Waals surface area (Å²) in [5.41, 5.74) is 2.11. The minimum atomic E-state index is 0.662. The Morgan fingerprint density at radius 1 is 1.12 bits per heavy atom. The van der Waals surface area contributed by atoms with Gasteiger partial charge in [-0.05, 0) is 74.2 Å². The zero-order chi connectivity index (χ0) is 15.9. The third kappa shape index (κ3) is 2.80. The van der Waals surface area contributed by atoms with E-state index in [-0.39, 0.29) is 0 Å². The first-order chi connectivity index (χ1) is 11.9. The Kier molecular flexibility index (Phi) is 3.71. The van der Waals surface area contributed by atoms with Crippen LogP contribution in [0.5, 0.6) is 5.88 Å². The van der Waals surface area contributed by atoms with E-state index in [0.717, 1.165) is 29.4 Å². The number of thiophene rings is 1. The molecule has 0 aromatic carbocycles. The van der Waals surface area contributed by atoms with Gasteiger partial charge in [0.2, 0.25) is 5.88 Å². The molecule has 1 saturated heterocycles. The zero-order valence-corrected chi connectivity index (χ0v) is 14.7. The van der Waals surface area contributed by atoms with E-state index in [9.17, 15) is 0 Å². The van der Waals surface area contributed by atoms with Gasteiger partial charge in [0.1, 0.15) is 15.9 Å². The average molecular weight is 341 g/mol. The van der Waals surface area contributed by atoms with Crippen molar-refractivity contribution in [3.05, 3.63) is 29.8 Å². The van der Waals surface area contributed by atoms with Crippen molar-refractivity contribution in [3.63, 3.8) is 0 Å². The third-order valence-corrected chi connectivity index (χ3v) is 6.31. The molecule has 0 atom stereocenters. The van der Waals surface area contributed by atoms with Gasteiger partial charge in [0.15, 0.2) is 0 Å². The van der Waals surface area contributed by atoms with Crippen LogP contribution in [0.2, 0.25) is 0 Å². The molecule has 2 aliphatic rings. The van der Waals surface area contributed by atoms with Crippen LogP contribution >= 0.6 is 11.3 Å². The number of piperidine rings is 1. The van der Waals surface area contributed by atoms with Crippen LogP contribution in [-0.4, -0.2) is 40.5 Å². The summed E-state index contributed by atoms with van der Waals surface area (Å²) in [5.74, 6) is 2.45. The van der Waals surface area contributed by atoms with Crippen molar-refractivity contribution >= 4 is 27.2 Å². The van der Waals surface area contributed by atoms with E-state index in [2.05, 4.69) is 39.1 Å². The topological polar surface area (TPSA) is 29.8 Å². The number of hydrogen-bond acceptors (Lipinski definition) is 4. The van der Waals surface area contributed by atoms with E-state index in [1.54, 1.807) is 11.3 Å². The number of fused-ring (bicyclic) bond motifs is 3. The number of rotatable bonds is 5. The van der Waals surface area contributed by atoms with Crippen LogP contribution in [0.15, 0.2) is 29.8 Å². The standard InChI is InChI=1S/C19H23N3OS/c1-2-17-18(20-16-7-11-24-19(16)22(17)8-1)23-13-15-5-9-21(10-6-15)12-14-3-4-14/h1-2,7-8,11,14-15H,3-6,9-10,12-13H2. The van der Waals surface area contributed by atoms with Crippen molar-refractivity contribution in [1.29, 1.82) is 0 Å². The Morgan fingerprint density at radius 3 is 2.83 bits per heavy atom. The second-order valence-corrected chi connectivity index (χ2v) is 8.18. The molecule has 2 fully saturated rings. The van der Waals surface area contributed by atoms with Crippen molar-refractivity contribution in [1.82, 2.24) is 14.3 Å². The predicted molar refractivity (Wildman–Crippen MR) is 98.0 cm³/mol. The average Bonchev–Trinajstić information content (AvgIpc) is 3.10. The van der Waals surface area contributed by atoms with Gasteiger partial charge < -0.3 is 14.0 Å². The fourth-order valence-electron chi connectivity index (χ4n) is 3.76. The number of hydrogen-bond donors (Lipinski definition) is 0. The van der Waals surface area contributed by atoms with Gasteiger partial charge in [-0.3, -0.25) is 0 Å². The molecule has 0 bridgehead atoms. The monoisotopic (exact) mass is 341 g/mol. The summed E-state index contributed by atoms with van der Waals surface area (Å²) in [6.07, 6.45) is 7.51. The van der Waals surface area contributed by atoms with Crippen molar-refractivity contribution in [3.8, 4) is 5.88 Å². The van der Waals surface area contributed by atoms with Crippen molar-refractivity contribution in [2.45, 2.75) is 25.7 Å². The van der Waals surface area contributed by atoms with Crippen molar-refractivity contribution < 1.29 is 4.74 Å². The molecule has 0 radical (unpaired) electrons. The number of aromatic nitrogens is 2. The summed E-state index contributed by atoms with van der Waals surface area (Å²) in [5, 5.41) is 2.09. The van der Waals surface area contributed by atoms with Crippen LogP contribution in [-0.2, 0) is 0 Å². The quantitative estimate of drug-likeness (QED) is 0.701. The molecule has 126 valence electrons. The summed E-state index contributed by atoms with van der Waals surface area (Å²) in [6, 6.07) is 6.24. The minimum absolute atomic E-state index is 0.662. The van der Waals surface area contributed by atoms with Crippen LogP contribution in [0, 0.1) is 11.8 Å². The highest BCUT2D eigenvalue weighted by atomic mass is 32.1. The van der Waals surface area contributed by atoms with Crippen LogP contribution in [0.4, 0.5) is 0 Å². The fraction of sp³-hybridized carbons (Fsp3) is 0.526. The van der Waals surface area contributed by atoms with Gasteiger partial charge in [-0.15, -0.1) is 11.3 Å². The Labute approximate surface area is 146 Å². The lowest BCUT2D eigenvalue weighted by molar-refractivity contribution is 0.136. The summed E-state index contributed by atoms with van der Waals surface area (Å²) in [4.78, 5) is 8.58. The Morgan fingerprint density at radius 2 is 2.00 bits per heavy atom. The molecule has 1 aliphatic heterocycles. The largest absolute Gasteiger partial charge is 0.476 e. The van der Waals surface area contributed by atoms with E-state index in [4.69, 9.17) is 9.72 Å². The summed E-state index contributed by atoms with van der Waals surface area (Å²) < 4.78 is 8.37. The molecule has 0 unspecified atom stereocenters. The second-order valence-electron chi connectivity index (χ2n) is 7.29. The van der Waals surface area contributed by atoms with E-state index < -0.39 is 0 Å². The van der Waals surface area contributed by atoms with Gasteiger partial charge in [-0.1, -0.05) is 0 Å². The number of ether oxygens (including phenoxy) is 1. The molecule has 24 heavy (non-hydrogen) atoms. The summed E-state index contributed by atoms with van der Waals surface area (Å²) in [7, 11) is 0. The lowest BCUT2D eigenvalue weighted by Crippen LogP contribution is -2.36. The van der Waals surface area contributed by atoms with Gasteiger partial charge in [-0.2, -0.15) is 0 Å². The van der Waals surface area contributed by atoms with E-state index in [1.807, 2.05) is 0 Å². The predicted octanol–water partition coefficient (Wildman–Crippen LogP) is 4.05.